The molecule has 4 nitrogen and oxygen atoms in total. The highest BCUT2D eigenvalue weighted by Gasteiger charge is 2.22. The summed E-state index contributed by atoms with van der Waals surface area (Å²) in [5.41, 5.74) is 5.90. The summed E-state index contributed by atoms with van der Waals surface area (Å²) in [7, 11) is 0. The van der Waals surface area contributed by atoms with Gasteiger partial charge in [-0.2, -0.15) is 0 Å². The number of carbonyl (C=O) groups excluding carboxylic acids is 1. The highest BCUT2D eigenvalue weighted by molar-refractivity contribution is 5.82. The maximum Gasteiger partial charge on any atom is 0.237 e. The highest BCUT2D eigenvalue weighted by Crippen LogP contribution is 2.08. The minimum absolute atomic E-state index is 0.00829. The third-order valence-electron chi connectivity index (χ3n) is 3.68. The van der Waals surface area contributed by atoms with Crippen molar-refractivity contribution in [1.82, 2.24) is 10.2 Å². The zero-order valence-electron chi connectivity index (χ0n) is 11.4. The van der Waals surface area contributed by atoms with Crippen molar-refractivity contribution in [1.29, 1.82) is 0 Å². The smallest absolute Gasteiger partial charge is 0.237 e. The van der Waals surface area contributed by atoms with Crippen LogP contribution in [0.2, 0.25) is 0 Å². The van der Waals surface area contributed by atoms with E-state index in [-0.39, 0.29) is 23.9 Å². The van der Waals surface area contributed by atoms with E-state index in [1.54, 1.807) is 0 Å². The first-order valence-electron chi connectivity index (χ1n) is 6.83. The molecule has 1 saturated heterocycles. The third-order valence-corrected chi connectivity index (χ3v) is 3.68. The van der Waals surface area contributed by atoms with E-state index in [9.17, 15) is 4.79 Å². The predicted octanol–water partition coefficient (Wildman–Crippen LogP) is 0.960. The van der Waals surface area contributed by atoms with Crippen molar-refractivity contribution in [3.05, 3.63) is 0 Å². The van der Waals surface area contributed by atoms with Gasteiger partial charge in [-0.3, -0.25) is 4.79 Å². The Labute approximate surface area is 105 Å². The van der Waals surface area contributed by atoms with Crippen LogP contribution < -0.4 is 11.1 Å². The van der Waals surface area contributed by atoms with Crippen LogP contribution in [0.5, 0.6) is 0 Å². The summed E-state index contributed by atoms with van der Waals surface area (Å²) in [4.78, 5) is 14.3. The molecule has 1 aliphatic heterocycles. The Morgan fingerprint density at radius 1 is 1.35 bits per heavy atom. The highest BCUT2D eigenvalue weighted by atomic mass is 16.2. The number of hydrogen-bond acceptors (Lipinski definition) is 3. The molecule has 3 atom stereocenters. The van der Waals surface area contributed by atoms with Crippen LogP contribution in [-0.2, 0) is 4.79 Å². The van der Waals surface area contributed by atoms with E-state index in [2.05, 4.69) is 24.1 Å². The van der Waals surface area contributed by atoms with Gasteiger partial charge in [-0.15, -0.1) is 0 Å². The van der Waals surface area contributed by atoms with E-state index in [1.165, 1.54) is 12.8 Å². The topological polar surface area (TPSA) is 58.4 Å². The monoisotopic (exact) mass is 241 g/mol. The van der Waals surface area contributed by atoms with Gasteiger partial charge in [0.05, 0.1) is 6.04 Å². The summed E-state index contributed by atoms with van der Waals surface area (Å²) >= 11 is 0. The molecule has 0 aromatic carbocycles. The molecule has 1 aliphatic rings. The van der Waals surface area contributed by atoms with E-state index in [1.807, 2.05) is 6.92 Å². The number of hydrogen-bond donors (Lipinski definition) is 2. The second kappa shape index (κ2) is 6.97. The molecule has 3 N–H and O–H groups in total. The number of rotatable bonds is 6. The van der Waals surface area contributed by atoms with Gasteiger partial charge in [-0.1, -0.05) is 20.3 Å². The zero-order valence-corrected chi connectivity index (χ0v) is 11.4. The van der Waals surface area contributed by atoms with Crippen LogP contribution in [0.25, 0.3) is 0 Å². The number of likely N-dealkylation sites (tertiary alicyclic amines) is 1. The SMILES string of the molecule is CCC(C)C(N)C(=O)NC(C)CN1CCCC1. The largest absolute Gasteiger partial charge is 0.351 e. The molecule has 0 radical (unpaired) electrons. The minimum Gasteiger partial charge on any atom is -0.351 e. The van der Waals surface area contributed by atoms with Crippen LogP contribution in [0.1, 0.15) is 40.0 Å². The van der Waals surface area contributed by atoms with Crippen LogP contribution >= 0.6 is 0 Å². The first kappa shape index (κ1) is 14.5. The van der Waals surface area contributed by atoms with Gasteiger partial charge in [0.2, 0.25) is 5.91 Å². The molecule has 1 amide bonds. The minimum atomic E-state index is -0.374. The molecule has 4 heteroatoms. The average Bonchev–Trinajstić information content (AvgIpc) is 2.79. The summed E-state index contributed by atoms with van der Waals surface area (Å²) < 4.78 is 0. The van der Waals surface area contributed by atoms with Gasteiger partial charge in [-0.25, -0.2) is 0 Å². The normalized spacial score (nSPS) is 22.1. The summed E-state index contributed by atoms with van der Waals surface area (Å²) in [6, 6.07) is -0.184. The number of nitrogens with zero attached hydrogens (tertiary/aromatic N) is 1. The lowest BCUT2D eigenvalue weighted by molar-refractivity contribution is -0.124. The molecule has 0 aliphatic carbocycles. The lowest BCUT2D eigenvalue weighted by Crippen LogP contribution is -2.50. The molecular formula is C13H27N3O. The van der Waals surface area contributed by atoms with Crippen LogP contribution in [0, 0.1) is 5.92 Å². The van der Waals surface area contributed by atoms with Gasteiger partial charge >= 0.3 is 0 Å². The summed E-state index contributed by atoms with van der Waals surface area (Å²) in [5, 5.41) is 3.02. The molecule has 100 valence electrons. The standard InChI is InChI=1S/C13H27N3O/c1-4-10(2)12(14)13(17)15-11(3)9-16-7-5-6-8-16/h10-12H,4-9,14H2,1-3H3,(H,15,17). The first-order chi connectivity index (χ1) is 8.04. The van der Waals surface area contributed by atoms with Gasteiger partial charge in [0.1, 0.15) is 0 Å². The Hall–Kier alpha value is -0.610. The zero-order chi connectivity index (χ0) is 12.8. The number of amides is 1. The van der Waals surface area contributed by atoms with E-state index >= 15 is 0 Å². The second-order valence-corrected chi connectivity index (χ2v) is 5.33. The molecule has 1 rings (SSSR count). The van der Waals surface area contributed by atoms with E-state index < -0.39 is 0 Å². The van der Waals surface area contributed by atoms with Gasteiger partial charge < -0.3 is 16.0 Å². The van der Waals surface area contributed by atoms with E-state index in [0.717, 1.165) is 26.1 Å². The summed E-state index contributed by atoms with van der Waals surface area (Å²) in [6.07, 6.45) is 3.51. The Morgan fingerprint density at radius 2 is 1.94 bits per heavy atom. The molecule has 0 spiro atoms. The molecular weight excluding hydrogens is 214 g/mol. The van der Waals surface area contributed by atoms with Gasteiger partial charge in [-0.05, 0) is 38.8 Å². The lowest BCUT2D eigenvalue weighted by atomic mass is 9.99. The van der Waals surface area contributed by atoms with Gasteiger partial charge in [0.15, 0.2) is 0 Å². The molecule has 17 heavy (non-hydrogen) atoms. The maximum absolute atomic E-state index is 11.9. The molecule has 1 heterocycles. The van der Waals surface area contributed by atoms with Crippen molar-refractivity contribution < 1.29 is 4.79 Å². The molecule has 0 saturated carbocycles. The van der Waals surface area contributed by atoms with Gasteiger partial charge in [0.25, 0.3) is 0 Å². The molecule has 0 bridgehead atoms. The van der Waals surface area contributed by atoms with Crippen molar-refractivity contribution in [3.63, 3.8) is 0 Å². The Kier molecular flexibility index (Phi) is 5.92. The fourth-order valence-electron chi connectivity index (χ4n) is 2.25. The molecule has 3 unspecified atom stereocenters. The summed E-state index contributed by atoms with van der Waals surface area (Å²) in [6.45, 7) is 9.41. The predicted molar refractivity (Wildman–Crippen MR) is 70.7 cm³/mol. The molecule has 0 aromatic heterocycles. The van der Waals surface area contributed by atoms with Crippen LogP contribution in [0.3, 0.4) is 0 Å². The van der Waals surface area contributed by atoms with Crippen molar-refractivity contribution in [2.24, 2.45) is 11.7 Å². The Balaban J connectivity index is 2.29. The fraction of sp³-hybridized carbons (Fsp3) is 0.923. The number of nitrogens with one attached hydrogen (secondary N) is 1. The van der Waals surface area contributed by atoms with E-state index in [4.69, 9.17) is 5.73 Å². The quantitative estimate of drug-likeness (QED) is 0.728. The van der Waals surface area contributed by atoms with Crippen LogP contribution in [-0.4, -0.2) is 42.5 Å². The maximum atomic E-state index is 11.9. The van der Waals surface area contributed by atoms with Crippen molar-refractivity contribution in [3.8, 4) is 0 Å². The van der Waals surface area contributed by atoms with Crippen molar-refractivity contribution in [2.45, 2.75) is 52.1 Å². The van der Waals surface area contributed by atoms with E-state index in [0.29, 0.717) is 0 Å². The third kappa shape index (κ3) is 4.64. The Bertz CT molecular complexity index is 239. The van der Waals surface area contributed by atoms with Crippen LogP contribution in [0.4, 0.5) is 0 Å². The number of carbonyl (C=O) groups is 1. The summed E-state index contributed by atoms with van der Waals surface area (Å²) in [5.74, 6) is 0.236. The van der Waals surface area contributed by atoms with Gasteiger partial charge in [0, 0.05) is 12.6 Å². The fourth-order valence-corrected chi connectivity index (χ4v) is 2.25. The average molecular weight is 241 g/mol. The Morgan fingerprint density at radius 3 is 2.47 bits per heavy atom. The van der Waals surface area contributed by atoms with Crippen molar-refractivity contribution in [2.75, 3.05) is 19.6 Å². The number of nitrogens with two attached hydrogens (primary N) is 1. The lowest BCUT2D eigenvalue weighted by Gasteiger charge is -2.24. The molecule has 0 aromatic rings. The molecule has 1 fully saturated rings. The first-order valence-corrected chi connectivity index (χ1v) is 6.83. The van der Waals surface area contributed by atoms with Crippen molar-refractivity contribution >= 4 is 5.91 Å². The second-order valence-electron chi connectivity index (χ2n) is 5.33. The van der Waals surface area contributed by atoms with Crippen LogP contribution in [0.15, 0.2) is 0 Å².